The summed E-state index contributed by atoms with van der Waals surface area (Å²) < 4.78 is 11.8. The molecule has 2 aromatic rings. The number of morpholine rings is 1. The normalized spacial score (nSPS) is 22.0. The van der Waals surface area contributed by atoms with Crippen molar-refractivity contribution in [2.45, 2.75) is 31.8 Å². The molecule has 0 aromatic carbocycles. The third-order valence-electron chi connectivity index (χ3n) is 4.85. The van der Waals surface area contributed by atoms with E-state index in [1.54, 1.807) is 17.5 Å². The van der Waals surface area contributed by atoms with Crippen LogP contribution in [0.2, 0.25) is 0 Å². The van der Waals surface area contributed by atoms with Gasteiger partial charge >= 0.3 is 0 Å². The Labute approximate surface area is 146 Å². The Bertz CT molecular complexity index is 643. The third-order valence-corrected chi connectivity index (χ3v) is 5.55. The molecule has 0 spiro atoms. The fourth-order valence-corrected chi connectivity index (χ4v) is 4.16. The first-order valence-corrected chi connectivity index (χ1v) is 9.66. The van der Waals surface area contributed by atoms with Crippen LogP contribution in [0.4, 0.5) is 5.82 Å². The molecular formula is C18H23N3O2S. The van der Waals surface area contributed by atoms with Crippen molar-refractivity contribution < 1.29 is 9.47 Å². The van der Waals surface area contributed by atoms with Crippen molar-refractivity contribution in [1.82, 2.24) is 9.97 Å². The maximum absolute atomic E-state index is 5.90. The van der Waals surface area contributed by atoms with Crippen LogP contribution in [0.3, 0.4) is 0 Å². The van der Waals surface area contributed by atoms with E-state index in [1.807, 2.05) is 6.20 Å². The standard InChI is InChI=1S/C18H23N3O2S/c1-2-4-14(3-1)12-23-18-10-19-9-17(20-18)21-6-7-22-16(11-21)15-5-8-24-13-15/h5,8-10,13-14,16H,1-4,6-7,11-12H2. The van der Waals surface area contributed by atoms with Gasteiger partial charge in [-0.3, -0.25) is 4.98 Å². The lowest BCUT2D eigenvalue weighted by atomic mass is 10.1. The molecule has 4 rings (SSSR count). The number of hydrogen-bond acceptors (Lipinski definition) is 6. The quantitative estimate of drug-likeness (QED) is 0.827. The van der Waals surface area contributed by atoms with Gasteiger partial charge in [-0.2, -0.15) is 16.3 Å². The van der Waals surface area contributed by atoms with Gasteiger partial charge in [0.15, 0.2) is 5.82 Å². The molecule has 1 unspecified atom stereocenters. The van der Waals surface area contributed by atoms with Crippen LogP contribution < -0.4 is 9.64 Å². The molecule has 2 aliphatic rings. The summed E-state index contributed by atoms with van der Waals surface area (Å²) in [4.78, 5) is 11.2. The number of hydrogen-bond donors (Lipinski definition) is 0. The predicted molar refractivity (Wildman–Crippen MR) is 94.7 cm³/mol. The summed E-state index contributed by atoms with van der Waals surface area (Å²) in [5, 5.41) is 4.25. The lowest BCUT2D eigenvalue weighted by Gasteiger charge is -2.33. The molecule has 1 atom stereocenters. The zero-order valence-corrected chi connectivity index (χ0v) is 14.6. The van der Waals surface area contributed by atoms with Crippen LogP contribution in [0.25, 0.3) is 0 Å². The Hall–Kier alpha value is -1.66. The van der Waals surface area contributed by atoms with Gasteiger partial charge in [-0.15, -0.1) is 0 Å². The van der Waals surface area contributed by atoms with E-state index in [-0.39, 0.29) is 6.10 Å². The number of rotatable bonds is 5. The second-order valence-electron chi connectivity index (χ2n) is 6.54. The topological polar surface area (TPSA) is 47.5 Å². The molecule has 128 valence electrons. The Morgan fingerprint density at radius 2 is 2.21 bits per heavy atom. The fourth-order valence-electron chi connectivity index (χ4n) is 3.46. The Balaban J connectivity index is 1.40. The van der Waals surface area contributed by atoms with E-state index in [2.05, 4.69) is 31.7 Å². The second-order valence-corrected chi connectivity index (χ2v) is 7.32. The van der Waals surface area contributed by atoms with Gasteiger partial charge in [-0.1, -0.05) is 12.8 Å². The van der Waals surface area contributed by atoms with E-state index in [0.29, 0.717) is 18.4 Å². The van der Waals surface area contributed by atoms with Crippen LogP contribution in [0.5, 0.6) is 5.88 Å². The zero-order chi connectivity index (χ0) is 16.2. The Morgan fingerprint density at radius 3 is 3.04 bits per heavy atom. The van der Waals surface area contributed by atoms with Crippen molar-refractivity contribution in [3.8, 4) is 5.88 Å². The van der Waals surface area contributed by atoms with E-state index < -0.39 is 0 Å². The molecule has 1 saturated carbocycles. The first-order chi connectivity index (χ1) is 11.9. The summed E-state index contributed by atoms with van der Waals surface area (Å²) >= 11 is 1.70. The minimum Gasteiger partial charge on any atom is -0.476 e. The van der Waals surface area contributed by atoms with E-state index in [0.717, 1.165) is 25.5 Å². The fraction of sp³-hybridized carbons (Fsp3) is 0.556. The summed E-state index contributed by atoms with van der Waals surface area (Å²) in [5.74, 6) is 2.20. The van der Waals surface area contributed by atoms with Crippen LogP contribution in [0, 0.1) is 5.92 Å². The molecule has 3 heterocycles. The monoisotopic (exact) mass is 345 g/mol. The summed E-state index contributed by atoms with van der Waals surface area (Å²) in [6.07, 6.45) is 8.86. The van der Waals surface area contributed by atoms with Gasteiger partial charge in [0, 0.05) is 13.1 Å². The average molecular weight is 345 g/mol. The maximum Gasteiger partial charge on any atom is 0.234 e. The number of aromatic nitrogens is 2. The average Bonchev–Trinajstić information content (AvgIpc) is 3.34. The number of thiophene rings is 1. The van der Waals surface area contributed by atoms with E-state index in [4.69, 9.17) is 9.47 Å². The molecule has 2 aromatic heterocycles. The van der Waals surface area contributed by atoms with Crippen molar-refractivity contribution in [3.05, 3.63) is 34.8 Å². The number of ether oxygens (including phenoxy) is 2. The molecule has 1 aliphatic carbocycles. The zero-order valence-electron chi connectivity index (χ0n) is 13.8. The summed E-state index contributed by atoms with van der Waals surface area (Å²) in [6, 6.07) is 2.13. The van der Waals surface area contributed by atoms with Crippen LogP contribution >= 0.6 is 11.3 Å². The highest BCUT2D eigenvalue weighted by Gasteiger charge is 2.24. The van der Waals surface area contributed by atoms with Crippen LogP contribution in [-0.4, -0.2) is 36.3 Å². The minimum atomic E-state index is 0.106. The van der Waals surface area contributed by atoms with Crippen LogP contribution in [-0.2, 0) is 4.74 Å². The van der Waals surface area contributed by atoms with Crippen molar-refractivity contribution >= 4 is 17.2 Å². The Kier molecular flexibility index (Phi) is 4.94. The van der Waals surface area contributed by atoms with Gasteiger partial charge in [0.1, 0.15) is 6.10 Å². The molecule has 6 heteroatoms. The smallest absolute Gasteiger partial charge is 0.234 e. The van der Waals surface area contributed by atoms with Gasteiger partial charge in [-0.25, -0.2) is 0 Å². The first-order valence-electron chi connectivity index (χ1n) is 8.72. The highest BCUT2D eigenvalue weighted by Crippen LogP contribution is 2.28. The highest BCUT2D eigenvalue weighted by molar-refractivity contribution is 7.07. The van der Waals surface area contributed by atoms with E-state index in [1.165, 1.54) is 31.2 Å². The van der Waals surface area contributed by atoms with E-state index >= 15 is 0 Å². The number of nitrogens with zero attached hydrogens (tertiary/aromatic N) is 3. The maximum atomic E-state index is 5.90. The summed E-state index contributed by atoms with van der Waals surface area (Å²) in [7, 11) is 0. The molecule has 1 saturated heterocycles. The highest BCUT2D eigenvalue weighted by atomic mass is 32.1. The first kappa shape index (κ1) is 15.8. The predicted octanol–water partition coefficient (Wildman–Crippen LogP) is 3.69. The van der Waals surface area contributed by atoms with Crippen molar-refractivity contribution in [2.24, 2.45) is 5.92 Å². The van der Waals surface area contributed by atoms with Gasteiger partial charge in [0.05, 0.1) is 25.6 Å². The molecule has 1 aliphatic heterocycles. The van der Waals surface area contributed by atoms with Gasteiger partial charge in [-0.05, 0) is 41.1 Å². The SMILES string of the molecule is c1cc(C2CN(c3cncc(OCC4CCCC4)n3)CCO2)cs1. The largest absolute Gasteiger partial charge is 0.476 e. The van der Waals surface area contributed by atoms with Gasteiger partial charge in [0.25, 0.3) is 0 Å². The van der Waals surface area contributed by atoms with Crippen LogP contribution in [0.15, 0.2) is 29.2 Å². The molecule has 0 bridgehead atoms. The summed E-state index contributed by atoms with van der Waals surface area (Å²) in [6.45, 7) is 3.10. The van der Waals surface area contributed by atoms with Crippen molar-refractivity contribution in [3.63, 3.8) is 0 Å². The second kappa shape index (κ2) is 7.49. The number of anilines is 1. The van der Waals surface area contributed by atoms with Gasteiger partial charge in [0.2, 0.25) is 5.88 Å². The third kappa shape index (κ3) is 3.70. The lowest BCUT2D eigenvalue weighted by Crippen LogP contribution is -2.38. The minimum absolute atomic E-state index is 0.106. The van der Waals surface area contributed by atoms with Crippen molar-refractivity contribution in [1.29, 1.82) is 0 Å². The molecule has 0 amide bonds. The van der Waals surface area contributed by atoms with Crippen LogP contribution in [0.1, 0.15) is 37.4 Å². The van der Waals surface area contributed by atoms with Gasteiger partial charge < -0.3 is 14.4 Å². The molecule has 5 nitrogen and oxygen atoms in total. The molecule has 0 N–H and O–H groups in total. The lowest BCUT2D eigenvalue weighted by molar-refractivity contribution is 0.0397. The molecule has 2 fully saturated rings. The van der Waals surface area contributed by atoms with Crippen molar-refractivity contribution in [2.75, 3.05) is 31.2 Å². The molecule has 24 heavy (non-hydrogen) atoms. The summed E-state index contributed by atoms with van der Waals surface area (Å²) in [5.41, 5.74) is 1.24. The Morgan fingerprint density at radius 1 is 1.29 bits per heavy atom. The molecular weight excluding hydrogens is 322 g/mol. The van der Waals surface area contributed by atoms with E-state index in [9.17, 15) is 0 Å². The molecule has 0 radical (unpaired) electrons.